The summed E-state index contributed by atoms with van der Waals surface area (Å²) in [5.41, 5.74) is 1.43. The molecule has 1 aliphatic rings. The Hall–Kier alpha value is -1.20. The number of ether oxygens (including phenoxy) is 1. The smallest absolute Gasteiger partial charge is 0.244 e. The van der Waals surface area contributed by atoms with Gasteiger partial charge in [-0.3, -0.25) is 4.79 Å². The van der Waals surface area contributed by atoms with E-state index in [0.717, 1.165) is 15.7 Å². The predicted octanol–water partition coefficient (Wildman–Crippen LogP) is 3.42. The minimum absolute atomic E-state index is 0.00108. The van der Waals surface area contributed by atoms with Gasteiger partial charge in [0.1, 0.15) is 15.8 Å². The van der Waals surface area contributed by atoms with E-state index < -0.39 is 0 Å². The summed E-state index contributed by atoms with van der Waals surface area (Å²) in [4.78, 5) is 16.0. The molecule has 0 bridgehead atoms. The third-order valence-electron chi connectivity index (χ3n) is 2.25. The van der Waals surface area contributed by atoms with Gasteiger partial charge in [0, 0.05) is 0 Å². The maximum absolute atomic E-state index is 11.7. The van der Waals surface area contributed by atoms with Gasteiger partial charge in [-0.05, 0) is 48.7 Å². The Bertz CT molecular complexity index is 523. The van der Waals surface area contributed by atoms with E-state index in [9.17, 15) is 4.79 Å². The first kappa shape index (κ1) is 13.2. The Balaban J connectivity index is 2.25. The summed E-state index contributed by atoms with van der Waals surface area (Å²) >= 11 is 2.67. The summed E-state index contributed by atoms with van der Waals surface area (Å²) in [5, 5.41) is 0.00108. The van der Waals surface area contributed by atoms with Crippen molar-refractivity contribution in [1.82, 2.24) is 0 Å². The van der Waals surface area contributed by atoms with E-state index in [1.807, 2.05) is 37.4 Å². The van der Waals surface area contributed by atoms with Crippen LogP contribution >= 0.6 is 23.5 Å². The maximum Gasteiger partial charge on any atom is 0.244 e. The molecule has 0 saturated heterocycles. The number of hydrogen-bond acceptors (Lipinski definition) is 5. The highest BCUT2D eigenvalue weighted by Crippen LogP contribution is 2.30. The van der Waals surface area contributed by atoms with Crippen molar-refractivity contribution in [2.75, 3.05) is 12.9 Å². The van der Waals surface area contributed by atoms with Crippen molar-refractivity contribution in [3.05, 3.63) is 35.5 Å². The van der Waals surface area contributed by atoms with Crippen LogP contribution in [0.5, 0.6) is 5.75 Å². The summed E-state index contributed by atoms with van der Waals surface area (Å²) in [5.74, 6) is 0.805. The fourth-order valence-corrected chi connectivity index (χ4v) is 2.76. The lowest BCUT2D eigenvalue weighted by Crippen LogP contribution is -1.92. The van der Waals surface area contributed by atoms with Crippen LogP contribution < -0.4 is 4.74 Å². The average Bonchev–Trinajstić information content (AvgIpc) is 2.71. The van der Waals surface area contributed by atoms with E-state index in [1.165, 1.54) is 23.5 Å². The first-order valence-electron chi connectivity index (χ1n) is 5.52. The number of nitrogens with zero attached hydrogens (tertiary/aromatic N) is 1. The Morgan fingerprint density at radius 3 is 3.00 bits per heavy atom. The van der Waals surface area contributed by atoms with Crippen LogP contribution in [0.3, 0.4) is 0 Å². The van der Waals surface area contributed by atoms with Gasteiger partial charge in [0.05, 0.1) is 6.61 Å². The zero-order valence-corrected chi connectivity index (χ0v) is 11.8. The van der Waals surface area contributed by atoms with Crippen LogP contribution in [-0.2, 0) is 4.79 Å². The van der Waals surface area contributed by atoms with Gasteiger partial charge < -0.3 is 4.74 Å². The third kappa shape index (κ3) is 3.17. The molecule has 3 nitrogen and oxygen atoms in total. The monoisotopic (exact) mass is 279 g/mol. The zero-order chi connectivity index (χ0) is 13.0. The molecule has 0 atom stereocenters. The molecule has 0 saturated carbocycles. The minimum Gasteiger partial charge on any atom is -0.494 e. The molecule has 94 valence electrons. The van der Waals surface area contributed by atoms with E-state index >= 15 is 0 Å². The van der Waals surface area contributed by atoms with Crippen molar-refractivity contribution >= 4 is 39.1 Å². The number of carbonyl (C=O) groups is 1. The van der Waals surface area contributed by atoms with Gasteiger partial charge in [-0.1, -0.05) is 12.1 Å². The summed E-state index contributed by atoms with van der Waals surface area (Å²) in [6, 6.07) is 7.64. The fraction of sp³-hybridized carbons (Fsp3) is 0.231. The van der Waals surface area contributed by atoms with E-state index in [4.69, 9.17) is 4.74 Å². The van der Waals surface area contributed by atoms with Crippen LogP contribution in [0.1, 0.15) is 12.5 Å². The molecular weight excluding hydrogens is 266 g/mol. The van der Waals surface area contributed by atoms with Crippen LogP contribution in [0.25, 0.3) is 6.08 Å². The van der Waals surface area contributed by atoms with Gasteiger partial charge in [-0.15, -0.1) is 11.8 Å². The lowest BCUT2D eigenvalue weighted by molar-refractivity contribution is -0.107. The molecule has 0 amide bonds. The first-order chi connectivity index (χ1) is 8.72. The van der Waals surface area contributed by atoms with Crippen LogP contribution in [0.2, 0.25) is 0 Å². The number of rotatable bonds is 3. The van der Waals surface area contributed by atoms with E-state index in [2.05, 4.69) is 4.99 Å². The van der Waals surface area contributed by atoms with Crippen molar-refractivity contribution in [1.29, 1.82) is 0 Å². The lowest BCUT2D eigenvalue weighted by Gasteiger charge is -2.03. The van der Waals surface area contributed by atoms with Gasteiger partial charge in [0.2, 0.25) is 5.12 Å². The van der Waals surface area contributed by atoms with E-state index in [1.54, 1.807) is 6.08 Å². The Labute approximate surface area is 115 Å². The number of benzene rings is 1. The van der Waals surface area contributed by atoms with Crippen LogP contribution in [-0.4, -0.2) is 22.4 Å². The minimum atomic E-state index is 0.00108. The number of thioether (sulfide) groups is 2. The van der Waals surface area contributed by atoms with Gasteiger partial charge in [-0.2, -0.15) is 0 Å². The molecule has 18 heavy (non-hydrogen) atoms. The third-order valence-corrected chi connectivity index (χ3v) is 4.10. The van der Waals surface area contributed by atoms with Crippen molar-refractivity contribution in [2.24, 2.45) is 4.99 Å². The molecule has 1 aliphatic heterocycles. The Morgan fingerprint density at radius 2 is 2.33 bits per heavy atom. The second kappa shape index (κ2) is 6.11. The van der Waals surface area contributed by atoms with Gasteiger partial charge in [0.15, 0.2) is 0 Å². The lowest BCUT2D eigenvalue weighted by atomic mass is 10.2. The van der Waals surface area contributed by atoms with Crippen LogP contribution in [0, 0.1) is 0 Å². The molecular formula is C13H13NO2S2. The Kier molecular flexibility index (Phi) is 4.49. The number of hydrogen-bond donors (Lipinski definition) is 0. The normalized spacial score (nSPS) is 17.1. The van der Waals surface area contributed by atoms with Crippen molar-refractivity contribution in [2.45, 2.75) is 6.92 Å². The average molecular weight is 279 g/mol. The molecule has 0 radical (unpaired) electrons. The molecule has 0 fully saturated rings. The van der Waals surface area contributed by atoms with Gasteiger partial charge in [0.25, 0.3) is 0 Å². The molecule has 0 aromatic heterocycles. The molecule has 1 aromatic carbocycles. The molecule has 0 unspecified atom stereocenters. The highest BCUT2D eigenvalue weighted by Gasteiger charge is 2.21. The Morgan fingerprint density at radius 1 is 1.50 bits per heavy atom. The summed E-state index contributed by atoms with van der Waals surface area (Å²) < 4.78 is 6.22. The highest BCUT2D eigenvalue weighted by molar-refractivity contribution is 8.45. The maximum atomic E-state index is 11.7. The van der Waals surface area contributed by atoms with Crippen molar-refractivity contribution in [3.63, 3.8) is 0 Å². The number of carbonyl (C=O) groups excluding carboxylic acids is 1. The highest BCUT2D eigenvalue weighted by atomic mass is 32.2. The molecule has 0 N–H and O–H groups in total. The fourth-order valence-electron chi connectivity index (χ4n) is 1.50. The van der Waals surface area contributed by atoms with Gasteiger partial charge >= 0.3 is 0 Å². The summed E-state index contributed by atoms with van der Waals surface area (Å²) in [7, 11) is 0. The van der Waals surface area contributed by atoms with Gasteiger partial charge in [-0.25, -0.2) is 4.99 Å². The molecule has 5 heteroatoms. The van der Waals surface area contributed by atoms with Crippen molar-refractivity contribution < 1.29 is 9.53 Å². The SMILES string of the molecule is CCOc1cccc(C=C2N=C(SC)SC2=O)c1. The molecule has 1 heterocycles. The standard InChI is InChI=1S/C13H13NO2S2/c1-3-16-10-6-4-5-9(7-10)8-11-12(15)18-13(14-11)17-2/h4-8H,3H2,1-2H3. The second-order valence-electron chi connectivity index (χ2n) is 3.51. The predicted molar refractivity (Wildman–Crippen MR) is 79.1 cm³/mol. The molecule has 1 aromatic rings. The topological polar surface area (TPSA) is 38.7 Å². The largest absolute Gasteiger partial charge is 0.494 e. The zero-order valence-electron chi connectivity index (χ0n) is 10.2. The molecule has 0 aliphatic carbocycles. The molecule has 2 rings (SSSR count). The first-order valence-corrected chi connectivity index (χ1v) is 7.56. The van der Waals surface area contributed by atoms with Crippen molar-refractivity contribution in [3.8, 4) is 5.75 Å². The number of aliphatic imine (C=N–C) groups is 1. The summed E-state index contributed by atoms with van der Waals surface area (Å²) in [6.07, 6.45) is 3.71. The van der Waals surface area contributed by atoms with E-state index in [-0.39, 0.29) is 5.12 Å². The quantitative estimate of drug-likeness (QED) is 0.795. The van der Waals surface area contributed by atoms with Crippen LogP contribution in [0.15, 0.2) is 35.0 Å². The van der Waals surface area contributed by atoms with Crippen LogP contribution in [0.4, 0.5) is 0 Å². The second-order valence-corrected chi connectivity index (χ2v) is 5.52. The summed E-state index contributed by atoms with van der Waals surface area (Å²) in [6.45, 7) is 2.57. The molecule has 0 spiro atoms. The van der Waals surface area contributed by atoms with E-state index in [0.29, 0.717) is 12.3 Å².